The molecule has 3 aromatic carbocycles. The highest BCUT2D eigenvalue weighted by Crippen LogP contribution is 2.56. The molecule has 0 N–H and O–H groups in total. The minimum absolute atomic E-state index is 0.147. The van der Waals surface area contributed by atoms with Gasteiger partial charge in [-0.3, -0.25) is 19.7 Å². The highest BCUT2D eigenvalue weighted by atomic mass is 35.5. The lowest BCUT2D eigenvalue weighted by Gasteiger charge is -2.36. The number of anilines is 1. The monoisotopic (exact) mass is 513 g/mol. The smallest absolute Gasteiger partial charge is 0.329 e. The van der Waals surface area contributed by atoms with E-state index in [-0.39, 0.29) is 11.5 Å². The highest BCUT2D eigenvalue weighted by molar-refractivity contribution is 6.30. The van der Waals surface area contributed by atoms with Crippen molar-refractivity contribution in [3.63, 3.8) is 0 Å². The summed E-state index contributed by atoms with van der Waals surface area (Å²) in [7, 11) is 1.20. The van der Waals surface area contributed by atoms with Crippen molar-refractivity contribution >= 4 is 40.8 Å². The zero-order valence-corrected chi connectivity index (χ0v) is 20.3. The summed E-state index contributed by atoms with van der Waals surface area (Å²) in [5, 5.41) is 22.4. The van der Waals surface area contributed by atoms with Crippen molar-refractivity contribution in [1.29, 1.82) is 5.26 Å². The lowest BCUT2D eigenvalue weighted by Crippen LogP contribution is -2.46. The average molecular weight is 514 g/mol. The molecule has 0 amide bonds. The molecule has 0 saturated carbocycles. The first-order valence-electron chi connectivity index (χ1n) is 11.4. The maximum absolute atomic E-state index is 14.2. The van der Waals surface area contributed by atoms with Gasteiger partial charge in [-0.15, -0.1) is 0 Å². The van der Waals surface area contributed by atoms with Crippen LogP contribution in [0.3, 0.4) is 0 Å². The third kappa shape index (κ3) is 3.67. The van der Waals surface area contributed by atoms with Crippen molar-refractivity contribution in [2.24, 2.45) is 5.41 Å². The summed E-state index contributed by atoms with van der Waals surface area (Å²) in [6, 6.07) is 19.8. The lowest BCUT2D eigenvalue weighted by atomic mass is 9.68. The van der Waals surface area contributed by atoms with Crippen LogP contribution in [0.1, 0.15) is 27.4 Å². The van der Waals surface area contributed by atoms with Crippen molar-refractivity contribution in [2.45, 2.75) is 18.0 Å². The quantitative estimate of drug-likeness (QED) is 0.200. The molecule has 0 spiro atoms. The minimum atomic E-state index is -1.82. The number of hydrogen-bond donors (Lipinski definition) is 0. The number of carbonyl (C=O) groups excluding carboxylic acids is 2. The fraction of sp³-hybridized carbons (Fsp3) is 0.179. The molecule has 9 heteroatoms. The number of hydrogen-bond acceptors (Lipinski definition) is 7. The van der Waals surface area contributed by atoms with Crippen LogP contribution in [0.4, 0.5) is 11.4 Å². The van der Waals surface area contributed by atoms with Crippen molar-refractivity contribution in [1.82, 2.24) is 0 Å². The van der Waals surface area contributed by atoms with E-state index < -0.39 is 34.3 Å². The normalized spacial score (nSPS) is 23.5. The van der Waals surface area contributed by atoms with E-state index in [0.717, 1.165) is 5.56 Å². The molecule has 1 saturated heterocycles. The van der Waals surface area contributed by atoms with Crippen LogP contribution < -0.4 is 4.90 Å². The fourth-order valence-electron chi connectivity index (χ4n) is 5.50. The van der Waals surface area contributed by atoms with E-state index in [9.17, 15) is 25.0 Å². The number of nitro benzene ring substituents is 1. The molecule has 2 heterocycles. The Balaban J connectivity index is 1.80. The number of rotatable bonds is 5. The van der Waals surface area contributed by atoms with Crippen LogP contribution in [-0.4, -0.2) is 35.9 Å². The number of esters is 1. The van der Waals surface area contributed by atoms with Gasteiger partial charge < -0.3 is 9.64 Å². The maximum atomic E-state index is 14.2. The van der Waals surface area contributed by atoms with Crippen LogP contribution in [0.2, 0.25) is 5.02 Å². The number of para-hydroxylation sites is 1. The van der Waals surface area contributed by atoms with Crippen LogP contribution in [0, 0.1) is 26.9 Å². The van der Waals surface area contributed by atoms with Gasteiger partial charge in [-0.1, -0.05) is 54.1 Å². The fourth-order valence-corrected chi connectivity index (χ4v) is 5.62. The molecule has 0 radical (unpaired) electrons. The number of non-ortho nitro benzene ring substituents is 1. The van der Waals surface area contributed by atoms with E-state index in [0.29, 0.717) is 21.8 Å². The zero-order valence-electron chi connectivity index (χ0n) is 19.6. The van der Waals surface area contributed by atoms with Crippen LogP contribution >= 0.6 is 11.6 Å². The third-order valence-corrected chi connectivity index (χ3v) is 7.37. The summed E-state index contributed by atoms with van der Waals surface area (Å²) in [6.45, 7) is 0. The molecule has 2 aliphatic rings. The summed E-state index contributed by atoms with van der Waals surface area (Å²) in [5.41, 5.74) is 0.340. The number of fused-ring (bicyclic) bond motifs is 3. The van der Waals surface area contributed by atoms with E-state index >= 15 is 0 Å². The second kappa shape index (κ2) is 9.19. The van der Waals surface area contributed by atoms with Gasteiger partial charge in [-0.05, 0) is 41.5 Å². The first kappa shape index (κ1) is 24.2. The summed E-state index contributed by atoms with van der Waals surface area (Å²) >= 11 is 6.06. The largest absolute Gasteiger partial charge is 0.468 e. The van der Waals surface area contributed by atoms with Crippen molar-refractivity contribution in [3.05, 3.63) is 111 Å². The van der Waals surface area contributed by atoms with Crippen LogP contribution in [0.5, 0.6) is 0 Å². The Bertz CT molecular complexity index is 1480. The van der Waals surface area contributed by atoms with Gasteiger partial charge in [0.25, 0.3) is 5.69 Å². The number of methoxy groups -OCH3 is 1. The standard InChI is InChI=1S/C28H20ClN3O5/c1-37-27(34)28(16-30)23-15-10-17-4-2-3-5-22(17)31(23)25(26(33)19-6-11-20(29)12-7-19)24(28)18-8-13-21(14-9-18)32(35)36/h2-15,23-25H,1H3/t23-,24-,25-,28+/m1/s1. The summed E-state index contributed by atoms with van der Waals surface area (Å²) in [5.74, 6) is -2.12. The first-order chi connectivity index (χ1) is 17.8. The Morgan fingerprint density at radius 2 is 1.76 bits per heavy atom. The molecule has 8 nitrogen and oxygen atoms in total. The van der Waals surface area contributed by atoms with Gasteiger partial charge in [0.15, 0.2) is 11.2 Å². The molecular weight excluding hydrogens is 494 g/mol. The van der Waals surface area contributed by atoms with Crippen molar-refractivity contribution in [2.75, 3.05) is 12.0 Å². The molecule has 1 fully saturated rings. The SMILES string of the molecule is COC(=O)[C@]1(C#N)[C@H](c2ccc([N+](=O)[O-])cc2)[C@H](C(=O)c2ccc(Cl)cc2)N2c3ccccc3C=C[C@@H]21. The number of benzene rings is 3. The van der Waals surface area contributed by atoms with Gasteiger partial charge >= 0.3 is 5.97 Å². The number of nitro groups is 1. The predicted molar refractivity (Wildman–Crippen MR) is 137 cm³/mol. The summed E-state index contributed by atoms with van der Waals surface area (Å²) < 4.78 is 5.17. The lowest BCUT2D eigenvalue weighted by molar-refractivity contribution is -0.384. The summed E-state index contributed by atoms with van der Waals surface area (Å²) in [4.78, 5) is 40.3. The molecule has 0 unspecified atom stereocenters. The molecule has 0 aromatic heterocycles. The van der Waals surface area contributed by atoms with E-state index in [1.165, 1.54) is 31.4 Å². The van der Waals surface area contributed by atoms with Gasteiger partial charge in [0, 0.05) is 34.3 Å². The Hall–Kier alpha value is -4.48. The first-order valence-corrected chi connectivity index (χ1v) is 11.8. The molecule has 3 aromatic rings. The van der Waals surface area contributed by atoms with E-state index in [2.05, 4.69) is 6.07 Å². The minimum Gasteiger partial charge on any atom is -0.468 e. The average Bonchev–Trinajstić information content (AvgIpc) is 3.24. The van der Waals surface area contributed by atoms with Crippen LogP contribution in [0.15, 0.2) is 78.9 Å². The molecular formula is C28H20ClN3O5. The Morgan fingerprint density at radius 1 is 1.08 bits per heavy atom. The predicted octanol–water partition coefficient (Wildman–Crippen LogP) is 5.18. The maximum Gasteiger partial charge on any atom is 0.329 e. The van der Waals surface area contributed by atoms with E-state index in [1.807, 2.05) is 30.3 Å². The van der Waals surface area contributed by atoms with Crippen LogP contribution in [-0.2, 0) is 9.53 Å². The molecule has 4 atom stereocenters. The molecule has 5 rings (SSSR count). The topological polar surface area (TPSA) is 114 Å². The second-order valence-corrected chi connectivity index (χ2v) is 9.32. The van der Waals surface area contributed by atoms with E-state index in [4.69, 9.17) is 16.3 Å². The number of carbonyl (C=O) groups is 2. The van der Waals surface area contributed by atoms with Gasteiger partial charge in [0.1, 0.15) is 6.04 Å². The number of nitrogens with zero attached hydrogens (tertiary/aromatic N) is 3. The van der Waals surface area contributed by atoms with Crippen LogP contribution in [0.25, 0.3) is 6.08 Å². The zero-order chi connectivity index (χ0) is 26.3. The van der Waals surface area contributed by atoms with Gasteiger partial charge in [-0.2, -0.15) is 5.26 Å². The van der Waals surface area contributed by atoms with Crippen molar-refractivity contribution < 1.29 is 19.2 Å². The number of ketones is 1. The number of Topliss-reactive ketones (excluding diaryl/α,β-unsaturated/α-hetero) is 1. The Kier molecular flexibility index (Phi) is 6.02. The Morgan fingerprint density at radius 3 is 2.38 bits per heavy atom. The van der Waals surface area contributed by atoms with Gasteiger partial charge in [0.2, 0.25) is 0 Å². The van der Waals surface area contributed by atoms with Gasteiger partial charge in [0.05, 0.1) is 24.1 Å². The number of nitriles is 1. The molecule has 37 heavy (non-hydrogen) atoms. The molecule has 2 aliphatic heterocycles. The highest BCUT2D eigenvalue weighted by Gasteiger charge is 2.67. The molecule has 184 valence electrons. The number of ether oxygens (including phenoxy) is 1. The molecule has 0 bridgehead atoms. The third-order valence-electron chi connectivity index (χ3n) is 7.11. The van der Waals surface area contributed by atoms with Gasteiger partial charge in [-0.25, -0.2) is 0 Å². The Labute approximate surface area is 217 Å². The summed E-state index contributed by atoms with van der Waals surface area (Å²) in [6.07, 6.45) is 3.57. The van der Waals surface area contributed by atoms with E-state index in [1.54, 1.807) is 35.2 Å². The van der Waals surface area contributed by atoms with Crippen molar-refractivity contribution in [3.8, 4) is 6.07 Å². The number of halogens is 1. The second-order valence-electron chi connectivity index (χ2n) is 8.88. The molecule has 0 aliphatic carbocycles.